The maximum atomic E-state index is 11.3. The van der Waals surface area contributed by atoms with E-state index in [4.69, 9.17) is 18.9 Å². The van der Waals surface area contributed by atoms with Crippen LogP contribution in [0.2, 0.25) is 0 Å². The van der Waals surface area contributed by atoms with Crippen molar-refractivity contribution in [1.29, 1.82) is 0 Å². The zero-order valence-corrected chi connectivity index (χ0v) is 13.4. The number of nitrogens with zero attached hydrogens (tertiary/aromatic N) is 1. The molecule has 124 valence electrons. The molecular formula is C15H23NO6. The van der Waals surface area contributed by atoms with Gasteiger partial charge in [0.05, 0.1) is 19.6 Å². The molecule has 0 N–H and O–H groups in total. The summed E-state index contributed by atoms with van der Waals surface area (Å²) >= 11 is 0. The lowest BCUT2D eigenvalue weighted by Crippen LogP contribution is -2.29. The van der Waals surface area contributed by atoms with E-state index in [9.17, 15) is 10.1 Å². The third kappa shape index (κ3) is 5.25. The smallest absolute Gasteiger partial charge is 0.220 e. The predicted octanol–water partition coefficient (Wildman–Crippen LogP) is 2.43. The maximum Gasteiger partial charge on any atom is 0.220 e. The molecule has 0 unspecified atom stereocenters. The standard InChI is InChI=1S/C15H23NO6/c1-19-13-7-5-11(6-8-13)14(20-2)9-12(16(17)18)10-15(21-3)22-4/h5-8,12,14-15H,9-10H2,1-4H3/t12-,14+/m0/s1. The monoisotopic (exact) mass is 313 g/mol. The third-order valence-electron chi connectivity index (χ3n) is 3.55. The largest absolute Gasteiger partial charge is 0.497 e. The number of ether oxygens (including phenoxy) is 4. The second-order valence-corrected chi connectivity index (χ2v) is 4.81. The molecule has 0 aromatic heterocycles. The van der Waals surface area contributed by atoms with Crippen LogP contribution in [0.15, 0.2) is 24.3 Å². The molecule has 0 saturated heterocycles. The first-order chi connectivity index (χ1) is 10.5. The van der Waals surface area contributed by atoms with E-state index in [1.54, 1.807) is 19.2 Å². The van der Waals surface area contributed by atoms with E-state index in [1.165, 1.54) is 21.3 Å². The van der Waals surface area contributed by atoms with Crippen LogP contribution < -0.4 is 4.74 Å². The average molecular weight is 313 g/mol. The van der Waals surface area contributed by atoms with Crippen molar-refractivity contribution in [2.75, 3.05) is 28.4 Å². The third-order valence-corrected chi connectivity index (χ3v) is 3.55. The SMILES string of the molecule is COc1ccc([C@@H](C[C@@H](CC(OC)OC)[N+](=O)[O-])OC)cc1. The summed E-state index contributed by atoms with van der Waals surface area (Å²) < 4.78 is 20.6. The summed E-state index contributed by atoms with van der Waals surface area (Å²) in [5, 5.41) is 11.3. The fraction of sp³-hybridized carbons (Fsp3) is 0.600. The van der Waals surface area contributed by atoms with Crippen LogP contribution in [0.5, 0.6) is 5.75 Å². The average Bonchev–Trinajstić information content (AvgIpc) is 2.55. The van der Waals surface area contributed by atoms with Gasteiger partial charge in [-0.1, -0.05) is 12.1 Å². The molecule has 0 radical (unpaired) electrons. The van der Waals surface area contributed by atoms with E-state index in [2.05, 4.69) is 0 Å². The molecule has 0 aliphatic heterocycles. The molecule has 7 nitrogen and oxygen atoms in total. The zero-order valence-electron chi connectivity index (χ0n) is 13.4. The van der Waals surface area contributed by atoms with Gasteiger partial charge in [-0.05, 0) is 17.7 Å². The van der Waals surface area contributed by atoms with Crippen molar-refractivity contribution in [2.24, 2.45) is 0 Å². The molecular weight excluding hydrogens is 290 g/mol. The normalized spacial score (nSPS) is 13.9. The first-order valence-electron chi connectivity index (χ1n) is 6.91. The lowest BCUT2D eigenvalue weighted by Gasteiger charge is -2.21. The van der Waals surface area contributed by atoms with Crippen molar-refractivity contribution < 1.29 is 23.9 Å². The minimum atomic E-state index is -0.822. The Labute approximate surface area is 130 Å². The Bertz CT molecular complexity index is 446. The number of hydrogen-bond donors (Lipinski definition) is 0. The van der Waals surface area contributed by atoms with E-state index >= 15 is 0 Å². The molecule has 0 heterocycles. The van der Waals surface area contributed by atoms with E-state index < -0.39 is 12.3 Å². The molecule has 1 rings (SSSR count). The van der Waals surface area contributed by atoms with Crippen LogP contribution in [-0.2, 0) is 14.2 Å². The van der Waals surface area contributed by atoms with Crippen LogP contribution in [0, 0.1) is 10.1 Å². The first-order valence-corrected chi connectivity index (χ1v) is 6.91. The second kappa shape index (κ2) is 9.34. The summed E-state index contributed by atoms with van der Waals surface area (Å²) in [7, 11) is 6.04. The predicted molar refractivity (Wildman–Crippen MR) is 80.6 cm³/mol. The molecule has 1 aromatic rings. The van der Waals surface area contributed by atoms with Crippen molar-refractivity contribution in [3.05, 3.63) is 39.9 Å². The molecule has 0 aliphatic rings. The van der Waals surface area contributed by atoms with E-state index in [0.29, 0.717) is 0 Å². The lowest BCUT2D eigenvalue weighted by atomic mass is 10.00. The molecule has 0 amide bonds. The summed E-state index contributed by atoms with van der Waals surface area (Å²) in [5.41, 5.74) is 0.863. The number of nitro groups is 1. The Morgan fingerprint density at radius 1 is 1.00 bits per heavy atom. The summed E-state index contributed by atoms with van der Waals surface area (Å²) in [5.74, 6) is 0.725. The van der Waals surface area contributed by atoms with E-state index in [0.717, 1.165) is 11.3 Å². The molecule has 2 atom stereocenters. The van der Waals surface area contributed by atoms with E-state index in [-0.39, 0.29) is 23.9 Å². The minimum absolute atomic E-state index is 0.163. The Balaban J connectivity index is 2.80. The molecule has 7 heteroatoms. The lowest BCUT2D eigenvalue weighted by molar-refractivity contribution is -0.530. The molecule has 0 fully saturated rings. The Morgan fingerprint density at radius 2 is 1.59 bits per heavy atom. The fourth-order valence-corrected chi connectivity index (χ4v) is 2.21. The molecule has 1 aromatic carbocycles. The molecule has 0 aliphatic carbocycles. The van der Waals surface area contributed by atoms with Gasteiger partial charge in [0, 0.05) is 32.7 Å². The summed E-state index contributed by atoms with van der Waals surface area (Å²) in [6.45, 7) is 0. The highest BCUT2D eigenvalue weighted by molar-refractivity contribution is 5.28. The summed E-state index contributed by atoms with van der Waals surface area (Å²) in [4.78, 5) is 11.0. The highest BCUT2D eigenvalue weighted by atomic mass is 16.7. The number of benzene rings is 1. The Morgan fingerprint density at radius 3 is 2.00 bits per heavy atom. The van der Waals surface area contributed by atoms with Gasteiger partial charge in [0.15, 0.2) is 6.29 Å². The first kappa shape index (κ1) is 18.3. The van der Waals surface area contributed by atoms with Crippen molar-refractivity contribution >= 4 is 0 Å². The highest BCUT2D eigenvalue weighted by Gasteiger charge is 2.29. The van der Waals surface area contributed by atoms with Crippen LogP contribution in [0.1, 0.15) is 24.5 Å². The van der Waals surface area contributed by atoms with Crippen LogP contribution >= 0.6 is 0 Å². The molecule has 0 bridgehead atoms. The van der Waals surface area contributed by atoms with Crippen LogP contribution in [0.4, 0.5) is 0 Å². The van der Waals surface area contributed by atoms with Crippen molar-refractivity contribution in [2.45, 2.75) is 31.3 Å². The van der Waals surface area contributed by atoms with Gasteiger partial charge in [0.2, 0.25) is 6.04 Å². The number of methoxy groups -OCH3 is 4. The maximum absolute atomic E-state index is 11.3. The van der Waals surface area contributed by atoms with Gasteiger partial charge in [-0.2, -0.15) is 0 Å². The fourth-order valence-electron chi connectivity index (χ4n) is 2.21. The van der Waals surface area contributed by atoms with Crippen LogP contribution in [0.25, 0.3) is 0 Å². The van der Waals surface area contributed by atoms with Gasteiger partial charge in [-0.25, -0.2) is 0 Å². The van der Waals surface area contributed by atoms with E-state index in [1.807, 2.05) is 12.1 Å². The molecule has 22 heavy (non-hydrogen) atoms. The minimum Gasteiger partial charge on any atom is -0.497 e. The van der Waals surface area contributed by atoms with Gasteiger partial charge in [-0.3, -0.25) is 10.1 Å². The Kier molecular flexibility index (Phi) is 7.79. The molecule has 0 saturated carbocycles. The van der Waals surface area contributed by atoms with Crippen molar-refractivity contribution in [3.8, 4) is 5.75 Å². The van der Waals surface area contributed by atoms with Gasteiger partial charge < -0.3 is 18.9 Å². The van der Waals surface area contributed by atoms with Crippen LogP contribution in [0.3, 0.4) is 0 Å². The van der Waals surface area contributed by atoms with Gasteiger partial charge in [0.1, 0.15) is 5.75 Å². The summed E-state index contributed by atoms with van der Waals surface area (Å²) in [6, 6.07) is 6.46. The quantitative estimate of drug-likeness (QED) is 0.375. The van der Waals surface area contributed by atoms with Gasteiger partial charge >= 0.3 is 0 Å². The van der Waals surface area contributed by atoms with Crippen LogP contribution in [-0.4, -0.2) is 45.7 Å². The van der Waals surface area contributed by atoms with Crippen molar-refractivity contribution in [1.82, 2.24) is 0 Å². The van der Waals surface area contributed by atoms with Gasteiger partial charge in [-0.15, -0.1) is 0 Å². The molecule has 0 spiro atoms. The zero-order chi connectivity index (χ0) is 16.5. The van der Waals surface area contributed by atoms with Crippen molar-refractivity contribution in [3.63, 3.8) is 0 Å². The highest BCUT2D eigenvalue weighted by Crippen LogP contribution is 2.26. The Hall–Kier alpha value is -1.70. The summed E-state index contributed by atoms with van der Waals surface area (Å²) in [6.07, 6.45) is -0.589. The number of hydrogen-bond acceptors (Lipinski definition) is 6. The number of rotatable bonds is 10. The second-order valence-electron chi connectivity index (χ2n) is 4.81. The topological polar surface area (TPSA) is 80.1 Å². The van der Waals surface area contributed by atoms with Gasteiger partial charge in [0.25, 0.3) is 0 Å².